The number of hydrogen-bond acceptors (Lipinski definition) is 4. The maximum atomic E-state index is 12.7. The molecule has 2 aromatic carbocycles. The van der Waals surface area contributed by atoms with Crippen molar-refractivity contribution in [3.63, 3.8) is 0 Å². The van der Waals surface area contributed by atoms with Gasteiger partial charge in [-0.2, -0.15) is 5.10 Å². The molecule has 1 heterocycles. The Bertz CT molecular complexity index is 1210. The highest BCUT2D eigenvalue weighted by molar-refractivity contribution is 6.01. The van der Waals surface area contributed by atoms with Gasteiger partial charge in [-0.15, -0.1) is 0 Å². The van der Waals surface area contributed by atoms with E-state index in [0.717, 1.165) is 35.0 Å². The molecule has 0 fully saturated rings. The summed E-state index contributed by atoms with van der Waals surface area (Å²) in [5.74, 6) is -0.147. The van der Waals surface area contributed by atoms with E-state index in [9.17, 15) is 9.59 Å². The molecule has 0 aliphatic heterocycles. The average Bonchev–Trinajstić information content (AvgIpc) is 3.15. The van der Waals surface area contributed by atoms with Crippen molar-refractivity contribution in [3.05, 3.63) is 64.8 Å². The summed E-state index contributed by atoms with van der Waals surface area (Å²) in [6.07, 6.45) is 6.19. The van der Waals surface area contributed by atoms with Crippen LogP contribution in [0.2, 0.25) is 0 Å². The highest BCUT2D eigenvalue weighted by Crippen LogP contribution is 2.25. The predicted molar refractivity (Wildman–Crippen MR) is 134 cm³/mol. The molecule has 4 rings (SSSR count). The Labute approximate surface area is 200 Å². The summed E-state index contributed by atoms with van der Waals surface area (Å²) < 4.78 is 5.70. The van der Waals surface area contributed by atoms with Crippen LogP contribution >= 0.6 is 0 Å². The number of carbonyl (C=O) groups excluding carboxylic acids is 2. The molecule has 1 atom stereocenters. The number of carbonyl (C=O) groups is 2. The lowest BCUT2D eigenvalue weighted by atomic mass is 9.92. The highest BCUT2D eigenvalue weighted by atomic mass is 16.5. The summed E-state index contributed by atoms with van der Waals surface area (Å²) in [6, 6.07) is 13.2. The molecule has 0 saturated heterocycles. The van der Waals surface area contributed by atoms with Gasteiger partial charge in [0.2, 0.25) is 0 Å². The molecule has 3 N–H and O–H groups in total. The van der Waals surface area contributed by atoms with Gasteiger partial charge >= 0.3 is 0 Å². The van der Waals surface area contributed by atoms with Crippen LogP contribution in [0.3, 0.4) is 0 Å². The number of amides is 2. The first-order valence-electron chi connectivity index (χ1n) is 11.9. The van der Waals surface area contributed by atoms with Crippen LogP contribution in [0.25, 0.3) is 10.9 Å². The lowest BCUT2D eigenvalue weighted by Gasteiger charge is -2.21. The fourth-order valence-corrected chi connectivity index (χ4v) is 4.39. The van der Waals surface area contributed by atoms with Crippen molar-refractivity contribution in [1.82, 2.24) is 15.7 Å². The minimum atomic E-state index is -0.721. The molecule has 1 aliphatic carbocycles. The first-order chi connectivity index (χ1) is 16.4. The first kappa shape index (κ1) is 23.5. The Morgan fingerprint density at radius 3 is 2.68 bits per heavy atom. The Kier molecular flexibility index (Phi) is 7.30. The normalized spacial score (nSPS) is 14.2. The monoisotopic (exact) mass is 460 g/mol. The Morgan fingerprint density at radius 2 is 1.88 bits per heavy atom. The SMILES string of the molecule is Cc1[nH]c2ccccc2c1/C=N/NC(=O)C(NC(=O)COc1ccc2c(c1)CCCC2)C(C)C. The van der Waals surface area contributed by atoms with Crippen molar-refractivity contribution in [2.24, 2.45) is 11.0 Å². The molecule has 0 radical (unpaired) electrons. The number of aryl methyl sites for hydroxylation is 3. The first-order valence-corrected chi connectivity index (χ1v) is 11.9. The number of hydrogen-bond donors (Lipinski definition) is 3. The van der Waals surface area contributed by atoms with E-state index in [2.05, 4.69) is 26.9 Å². The number of H-pyrrole nitrogens is 1. The van der Waals surface area contributed by atoms with E-state index in [0.29, 0.717) is 5.75 Å². The standard InChI is InChI=1S/C27H32N4O3/c1-17(2)26(27(33)31-28-15-23-18(3)29-24-11-7-6-10-22(23)24)30-25(32)16-34-21-13-12-19-8-4-5-9-20(19)14-21/h6-7,10-15,17,26,29H,4-5,8-9,16H2,1-3H3,(H,30,32)(H,31,33)/b28-15+. The van der Waals surface area contributed by atoms with Gasteiger partial charge in [-0.05, 0) is 67.9 Å². The summed E-state index contributed by atoms with van der Waals surface area (Å²) in [6.45, 7) is 5.57. The number of aromatic nitrogens is 1. The van der Waals surface area contributed by atoms with Crippen molar-refractivity contribution >= 4 is 28.9 Å². The van der Waals surface area contributed by atoms with Crippen LogP contribution in [0, 0.1) is 12.8 Å². The van der Waals surface area contributed by atoms with Gasteiger partial charge in [-0.3, -0.25) is 9.59 Å². The third kappa shape index (κ3) is 5.47. The maximum Gasteiger partial charge on any atom is 0.262 e. The summed E-state index contributed by atoms with van der Waals surface area (Å²) in [5, 5.41) is 7.95. The minimum Gasteiger partial charge on any atom is -0.484 e. The van der Waals surface area contributed by atoms with Gasteiger partial charge in [-0.1, -0.05) is 38.1 Å². The molecular formula is C27H32N4O3. The number of ether oxygens (including phenoxy) is 1. The zero-order valence-electron chi connectivity index (χ0n) is 20.0. The zero-order valence-corrected chi connectivity index (χ0v) is 20.0. The quantitative estimate of drug-likeness (QED) is 0.350. The van der Waals surface area contributed by atoms with Crippen molar-refractivity contribution in [2.75, 3.05) is 6.61 Å². The van der Waals surface area contributed by atoms with Crippen LogP contribution in [-0.4, -0.2) is 35.7 Å². The molecule has 1 aliphatic rings. The number of rotatable bonds is 8. The van der Waals surface area contributed by atoms with Gasteiger partial charge in [-0.25, -0.2) is 5.43 Å². The minimum absolute atomic E-state index is 0.113. The molecule has 0 spiro atoms. The molecule has 7 heteroatoms. The third-order valence-electron chi connectivity index (χ3n) is 6.27. The van der Waals surface area contributed by atoms with Gasteiger partial charge < -0.3 is 15.0 Å². The fourth-order valence-electron chi connectivity index (χ4n) is 4.39. The molecule has 34 heavy (non-hydrogen) atoms. The summed E-state index contributed by atoms with van der Waals surface area (Å²) in [7, 11) is 0. The van der Waals surface area contributed by atoms with E-state index in [4.69, 9.17) is 4.74 Å². The summed E-state index contributed by atoms with van der Waals surface area (Å²) in [4.78, 5) is 28.6. The largest absolute Gasteiger partial charge is 0.484 e. The van der Waals surface area contributed by atoms with E-state index in [1.807, 2.05) is 57.2 Å². The molecule has 0 bridgehead atoms. The molecule has 1 aromatic heterocycles. The second-order valence-corrected chi connectivity index (χ2v) is 9.16. The number of benzene rings is 2. The van der Waals surface area contributed by atoms with Crippen LogP contribution in [0.5, 0.6) is 5.75 Å². The van der Waals surface area contributed by atoms with E-state index in [-0.39, 0.29) is 24.3 Å². The van der Waals surface area contributed by atoms with E-state index < -0.39 is 6.04 Å². The van der Waals surface area contributed by atoms with Gasteiger partial charge in [0.15, 0.2) is 6.61 Å². The number of hydrazone groups is 1. The number of fused-ring (bicyclic) bond motifs is 2. The van der Waals surface area contributed by atoms with Gasteiger partial charge in [0.05, 0.1) is 6.21 Å². The molecule has 1 unspecified atom stereocenters. The lowest BCUT2D eigenvalue weighted by molar-refractivity contribution is -0.131. The van der Waals surface area contributed by atoms with Crippen molar-refractivity contribution in [2.45, 2.75) is 52.5 Å². The van der Waals surface area contributed by atoms with Crippen LogP contribution in [0.15, 0.2) is 47.6 Å². The van der Waals surface area contributed by atoms with E-state index in [1.165, 1.54) is 24.0 Å². The van der Waals surface area contributed by atoms with Gasteiger partial charge in [0.1, 0.15) is 11.8 Å². The Balaban J connectivity index is 1.33. The second kappa shape index (κ2) is 10.5. The number of nitrogens with zero attached hydrogens (tertiary/aromatic N) is 1. The predicted octanol–water partition coefficient (Wildman–Crippen LogP) is 4.03. The molecule has 2 amide bonds. The fraction of sp³-hybridized carbons (Fsp3) is 0.370. The molecular weight excluding hydrogens is 428 g/mol. The van der Waals surface area contributed by atoms with Crippen LogP contribution in [-0.2, 0) is 22.4 Å². The average molecular weight is 461 g/mol. The lowest BCUT2D eigenvalue weighted by Crippen LogP contribution is -2.49. The molecule has 3 aromatic rings. The van der Waals surface area contributed by atoms with E-state index in [1.54, 1.807) is 6.21 Å². The second-order valence-electron chi connectivity index (χ2n) is 9.16. The smallest absolute Gasteiger partial charge is 0.262 e. The van der Waals surface area contributed by atoms with Crippen molar-refractivity contribution in [3.8, 4) is 5.75 Å². The Hall–Kier alpha value is -3.61. The third-order valence-corrected chi connectivity index (χ3v) is 6.27. The van der Waals surface area contributed by atoms with Crippen LogP contribution < -0.4 is 15.5 Å². The van der Waals surface area contributed by atoms with Crippen molar-refractivity contribution in [1.29, 1.82) is 0 Å². The number of para-hydroxylation sites is 1. The number of aromatic amines is 1. The van der Waals surface area contributed by atoms with Crippen LogP contribution in [0.1, 0.15) is 49.1 Å². The summed E-state index contributed by atoms with van der Waals surface area (Å²) in [5.41, 5.74) is 8.12. The maximum absolute atomic E-state index is 12.7. The van der Waals surface area contributed by atoms with E-state index >= 15 is 0 Å². The van der Waals surface area contributed by atoms with Gasteiger partial charge in [0.25, 0.3) is 11.8 Å². The van der Waals surface area contributed by atoms with Crippen LogP contribution in [0.4, 0.5) is 0 Å². The topological polar surface area (TPSA) is 95.6 Å². The molecule has 0 saturated carbocycles. The molecule has 178 valence electrons. The van der Waals surface area contributed by atoms with Gasteiger partial charge in [0, 0.05) is 22.2 Å². The number of nitrogens with one attached hydrogen (secondary N) is 3. The summed E-state index contributed by atoms with van der Waals surface area (Å²) >= 11 is 0. The zero-order chi connectivity index (χ0) is 24.1. The highest BCUT2D eigenvalue weighted by Gasteiger charge is 2.24. The van der Waals surface area contributed by atoms with Crippen molar-refractivity contribution < 1.29 is 14.3 Å². The Morgan fingerprint density at radius 1 is 1.12 bits per heavy atom. The molecule has 7 nitrogen and oxygen atoms in total.